The van der Waals surface area contributed by atoms with E-state index in [0.717, 1.165) is 48.3 Å². The number of ketones is 1. The summed E-state index contributed by atoms with van der Waals surface area (Å²) in [7, 11) is -0.852. The average molecular weight is 781 g/mol. The Bertz CT molecular complexity index is 1180. The van der Waals surface area contributed by atoms with E-state index < -0.39 is 28.5 Å². The molecule has 0 aromatic rings. The van der Waals surface area contributed by atoms with Gasteiger partial charge < -0.3 is 8.85 Å². The van der Waals surface area contributed by atoms with Gasteiger partial charge in [-0.15, -0.1) is 13.2 Å². The van der Waals surface area contributed by atoms with Gasteiger partial charge in [-0.05, 0) is 103 Å². The van der Waals surface area contributed by atoms with E-state index in [4.69, 9.17) is 13.7 Å². The molecule has 0 aliphatic heterocycles. The standard InChI is InChI=1S/C40H70BrNO5Si2/c1-15-22-31-28(10)25-34-36(33(31)26-35(41)37(43)32(24-23-27(8)9)29(11)40(44)42(13)45-14)39(47-49(19-5,20-6)21-7)30(12)38(34)46-48(16-2,17-3)18-4/h15,25-26,29-34,36,38-39H,1,8,16-24H2,2-7,9-14H3/b35-26-/t29-,30+,31+,32+,33+,34-,36-,38+,39-/m0/s1. The number of nitrogens with zero attached hydrogens (tertiary/aromatic N) is 1. The van der Waals surface area contributed by atoms with E-state index in [-0.39, 0.29) is 53.5 Å². The van der Waals surface area contributed by atoms with Gasteiger partial charge in [0.2, 0.25) is 5.91 Å². The van der Waals surface area contributed by atoms with Gasteiger partial charge >= 0.3 is 0 Å². The number of rotatable bonds is 21. The number of carbonyl (C=O) groups excluding carboxylic acids is 2. The molecule has 49 heavy (non-hydrogen) atoms. The number of halogens is 1. The predicted octanol–water partition coefficient (Wildman–Crippen LogP) is 10.9. The number of amides is 1. The third-order valence-electron chi connectivity index (χ3n) is 12.6. The maximum Gasteiger partial charge on any atom is 0.249 e. The minimum atomic E-state index is -1.99. The van der Waals surface area contributed by atoms with Crippen LogP contribution in [0.5, 0.6) is 0 Å². The summed E-state index contributed by atoms with van der Waals surface area (Å²) in [4.78, 5) is 33.0. The van der Waals surface area contributed by atoms with Gasteiger partial charge in [0.1, 0.15) is 0 Å². The summed E-state index contributed by atoms with van der Waals surface area (Å²) in [6, 6.07) is 6.58. The lowest BCUT2D eigenvalue weighted by Gasteiger charge is -2.43. The second-order valence-electron chi connectivity index (χ2n) is 15.1. The van der Waals surface area contributed by atoms with Crippen LogP contribution >= 0.6 is 15.9 Å². The van der Waals surface area contributed by atoms with Crippen molar-refractivity contribution in [1.82, 2.24) is 5.06 Å². The van der Waals surface area contributed by atoms with Crippen LogP contribution in [-0.2, 0) is 23.3 Å². The monoisotopic (exact) mass is 779 g/mol. The molecule has 0 heterocycles. The Morgan fingerprint density at radius 1 is 1.00 bits per heavy atom. The number of hydrogen-bond donors (Lipinski definition) is 0. The minimum Gasteiger partial charge on any atom is -0.413 e. The van der Waals surface area contributed by atoms with Crippen LogP contribution in [0.1, 0.15) is 88.5 Å². The van der Waals surface area contributed by atoms with Crippen molar-refractivity contribution in [3.05, 3.63) is 47.0 Å². The smallest absolute Gasteiger partial charge is 0.249 e. The zero-order chi connectivity index (χ0) is 37.3. The Labute approximate surface area is 310 Å². The molecule has 1 fully saturated rings. The van der Waals surface area contributed by atoms with Crippen molar-refractivity contribution in [3.63, 3.8) is 0 Å². The van der Waals surface area contributed by atoms with E-state index >= 15 is 0 Å². The predicted molar refractivity (Wildman–Crippen MR) is 214 cm³/mol. The second kappa shape index (κ2) is 19.7. The molecular weight excluding hydrogens is 711 g/mol. The number of hydrogen-bond acceptors (Lipinski definition) is 5. The summed E-state index contributed by atoms with van der Waals surface area (Å²) in [5.74, 6) is -0.506. The summed E-state index contributed by atoms with van der Waals surface area (Å²) in [5.41, 5.74) is 2.33. The largest absolute Gasteiger partial charge is 0.413 e. The lowest BCUT2D eigenvalue weighted by Crippen LogP contribution is -2.46. The molecule has 0 radical (unpaired) electrons. The molecule has 0 saturated heterocycles. The molecule has 9 heteroatoms. The van der Waals surface area contributed by atoms with Gasteiger partial charge in [-0.1, -0.05) is 84.8 Å². The van der Waals surface area contributed by atoms with Crippen molar-refractivity contribution >= 4 is 44.3 Å². The van der Waals surface area contributed by atoms with Crippen LogP contribution in [0.25, 0.3) is 0 Å². The van der Waals surface area contributed by atoms with Gasteiger partial charge in [0.05, 0.1) is 23.8 Å². The maximum atomic E-state index is 14.5. The van der Waals surface area contributed by atoms with Gasteiger partial charge in [-0.2, -0.15) is 0 Å². The van der Waals surface area contributed by atoms with E-state index in [2.05, 4.69) is 96.6 Å². The van der Waals surface area contributed by atoms with Crippen molar-refractivity contribution in [2.75, 3.05) is 14.2 Å². The number of Topliss-reactive ketones (excluding diaryl/α,β-unsaturated/α-hetero) is 1. The Balaban J connectivity index is 2.79. The van der Waals surface area contributed by atoms with Crippen molar-refractivity contribution in [2.45, 2.75) is 137 Å². The fraction of sp³-hybridized carbons (Fsp3) is 0.750. The first-order valence-corrected chi connectivity index (χ1v) is 25.0. The molecule has 2 aliphatic carbocycles. The van der Waals surface area contributed by atoms with E-state index in [1.54, 1.807) is 7.05 Å². The topological polar surface area (TPSA) is 65.1 Å². The van der Waals surface area contributed by atoms with Gasteiger partial charge in [-0.3, -0.25) is 14.4 Å². The van der Waals surface area contributed by atoms with Crippen LogP contribution in [-0.4, -0.2) is 59.8 Å². The molecule has 6 nitrogen and oxygen atoms in total. The highest BCUT2D eigenvalue weighted by atomic mass is 79.9. The van der Waals surface area contributed by atoms with Crippen molar-refractivity contribution in [1.29, 1.82) is 0 Å². The molecule has 0 aromatic heterocycles. The highest BCUT2D eigenvalue weighted by molar-refractivity contribution is 9.12. The highest BCUT2D eigenvalue weighted by Gasteiger charge is 2.57. The summed E-state index contributed by atoms with van der Waals surface area (Å²) >= 11 is 3.82. The first-order chi connectivity index (χ1) is 23.1. The van der Waals surface area contributed by atoms with Gasteiger partial charge in [-0.25, -0.2) is 5.06 Å². The van der Waals surface area contributed by atoms with Crippen LogP contribution in [0.4, 0.5) is 0 Å². The van der Waals surface area contributed by atoms with Crippen LogP contribution in [0.2, 0.25) is 36.3 Å². The number of fused-ring (bicyclic) bond motifs is 1. The Kier molecular flexibility index (Phi) is 17.7. The van der Waals surface area contributed by atoms with E-state index in [1.807, 2.05) is 19.9 Å². The Hall–Kier alpha value is -1.11. The van der Waals surface area contributed by atoms with E-state index in [1.165, 1.54) is 17.7 Å². The molecule has 0 N–H and O–H groups in total. The molecule has 2 aliphatic rings. The molecule has 0 bridgehead atoms. The minimum absolute atomic E-state index is 0.0298. The van der Waals surface area contributed by atoms with Crippen LogP contribution < -0.4 is 0 Å². The molecule has 1 amide bonds. The summed E-state index contributed by atoms with van der Waals surface area (Å²) < 4.78 is 15.5. The summed E-state index contributed by atoms with van der Waals surface area (Å²) in [6.45, 7) is 30.5. The first-order valence-electron chi connectivity index (χ1n) is 19.1. The molecule has 0 aromatic carbocycles. The zero-order valence-electron chi connectivity index (χ0n) is 33.1. The third-order valence-corrected chi connectivity index (χ3v) is 22.5. The molecule has 9 atom stereocenters. The van der Waals surface area contributed by atoms with Crippen LogP contribution in [0.15, 0.2) is 47.0 Å². The molecule has 2 rings (SSSR count). The van der Waals surface area contributed by atoms with E-state index in [0.29, 0.717) is 17.3 Å². The number of hydroxylamine groups is 2. The Morgan fingerprint density at radius 2 is 1.51 bits per heavy atom. The maximum absolute atomic E-state index is 14.5. The van der Waals surface area contributed by atoms with Crippen molar-refractivity contribution in [2.24, 2.45) is 41.4 Å². The SMILES string of the molecule is C=CC[C@@H]1C(C)=C[C@@H]2[C@H](O[Si](CC)(CC)CC)[C@@H](C)[C@H](O[Si](CC)(CC)CC)[C@H]2[C@@H]1/C=C(\Br)C(=O)[C@H](CCC(=C)C)[C@H](C)C(=O)N(C)OC. The highest BCUT2D eigenvalue weighted by Crippen LogP contribution is 2.55. The van der Waals surface area contributed by atoms with Gasteiger partial charge in [0, 0.05) is 30.7 Å². The van der Waals surface area contributed by atoms with E-state index in [9.17, 15) is 9.59 Å². The molecule has 1 saturated carbocycles. The normalized spacial score (nSPS) is 27.2. The van der Waals surface area contributed by atoms with Gasteiger partial charge in [0.25, 0.3) is 0 Å². The summed E-state index contributed by atoms with van der Waals surface area (Å²) in [6.07, 6.45) is 8.85. The molecular formula is C40H70BrNO5Si2. The zero-order valence-corrected chi connectivity index (χ0v) is 36.7. The average Bonchev–Trinajstić information content (AvgIpc) is 3.34. The van der Waals surface area contributed by atoms with Crippen molar-refractivity contribution < 1.29 is 23.3 Å². The lowest BCUT2D eigenvalue weighted by molar-refractivity contribution is -0.175. The van der Waals surface area contributed by atoms with Crippen LogP contribution in [0.3, 0.4) is 0 Å². The number of carbonyl (C=O) groups is 2. The van der Waals surface area contributed by atoms with Gasteiger partial charge in [0.15, 0.2) is 22.4 Å². The molecule has 280 valence electrons. The quantitative estimate of drug-likeness (QED) is 0.0502. The second-order valence-corrected chi connectivity index (χ2v) is 25.4. The lowest BCUT2D eigenvalue weighted by atomic mass is 9.66. The number of allylic oxidation sites excluding steroid dienone is 5. The van der Waals surface area contributed by atoms with Crippen LogP contribution in [0, 0.1) is 41.4 Å². The first kappa shape index (κ1) is 44.1. The fourth-order valence-electron chi connectivity index (χ4n) is 8.69. The molecule has 0 spiro atoms. The third kappa shape index (κ3) is 10.1. The molecule has 0 unspecified atom stereocenters. The summed E-state index contributed by atoms with van der Waals surface area (Å²) in [5, 5.41) is 1.23. The fourth-order valence-corrected chi connectivity index (χ4v) is 15.2. The van der Waals surface area contributed by atoms with Crippen molar-refractivity contribution in [3.8, 4) is 0 Å². The Morgan fingerprint density at radius 3 is 1.96 bits per heavy atom.